The van der Waals surface area contributed by atoms with Gasteiger partial charge in [0, 0.05) is 13.1 Å². The second-order valence-electron chi connectivity index (χ2n) is 11.8. The molecule has 2 fully saturated rings. The van der Waals surface area contributed by atoms with Crippen molar-refractivity contribution in [3.8, 4) is 5.75 Å². The van der Waals surface area contributed by atoms with Crippen LogP contribution in [0.25, 0.3) is 0 Å². The van der Waals surface area contributed by atoms with Crippen molar-refractivity contribution in [3.63, 3.8) is 0 Å². The second kappa shape index (κ2) is 12.1. The first-order valence-corrected chi connectivity index (χ1v) is 17.4. The van der Waals surface area contributed by atoms with Crippen molar-refractivity contribution in [1.29, 1.82) is 0 Å². The van der Waals surface area contributed by atoms with Crippen LogP contribution in [0.3, 0.4) is 0 Å². The van der Waals surface area contributed by atoms with Gasteiger partial charge in [-0.2, -0.15) is 26.3 Å². The minimum absolute atomic E-state index is 0.166. The fourth-order valence-electron chi connectivity index (χ4n) is 7.47. The fraction of sp³-hybridized carbons (Fsp3) is 0.786. The van der Waals surface area contributed by atoms with Gasteiger partial charge < -0.3 is 4.18 Å². The first-order valence-electron chi connectivity index (χ1n) is 14.5. The highest BCUT2D eigenvalue weighted by molar-refractivity contribution is 7.84. The number of fused-ring (bicyclic) bond motifs is 5. The van der Waals surface area contributed by atoms with Gasteiger partial charge >= 0.3 is 20.6 Å². The zero-order chi connectivity index (χ0) is 27.6. The summed E-state index contributed by atoms with van der Waals surface area (Å²) in [5, 5.41) is 5.05. The Morgan fingerprint density at radius 1 is 0.974 bits per heavy atom. The van der Waals surface area contributed by atoms with E-state index >= 15 is 0 Å². The van der Waals surface area contributed by atoms with E-state index in [9.17, 15) is 16.8 Å². The molecule has 8 nitrogen and oxygen atoms in total. The molecule has 4 rings (SSSR count). The molecule has 216 valence electrons. The summed E-state index contributed by atoms with van der Waals surface area (Å²) in [6.45, 7) is 7.57. The van der Waals surface area contributed by atoms with Gasteiger partial charge in [0.05, 0.1) is 6.10 Å². The van der Waals surface area contributed by atoms with Gasteiger partial charge in [0.25, 0.3) is 0 Å². The van der Waals surface area contributed by atoms with E-state index < -0.39 is 20.6 Å². The third-order valence-corrected chi connectivity index (χ3v) is 11.3. The summed E-state index contributed by atoms with van der Waals surface area (Å²) in [5.74, 6) is 1.51. The van der Waals surface area contributed by atoms with E-state index in [1.165, 1.54) is 5.56 Å². The smallest absolute Gasteiger partial charge is 0.371 e. The van der Waals surface area contributed by atoms with E-state index in [2.05, 4.69) is 20.8 Å². The molecule has 0 heterocycles. The molecule has 0 saturated heterocycles. The van der Waals surface area contributed by atoms with E-state index in [1.54, 1.807) is 10.4 Å². The van der Waals surface area contributed by atoms with Crippen LogP contribution in [-0.4, -0.2) is 40.3 Å². The summed E-state index contributed by atoms with van der Waals surface area (Å²) >= 11 is 0. The molecule has 0 amide bonds. The highest BCUT2D eigenvalue weighted by Gasteiger charge is 2.56. The Hall–Kier alpha value is -1.20. The highest BCUT2D eigenvalue weighted by atomic mass is 32.2. The van der Waals surface area contributed by atoms with Crippen LogP contribution >= 0.6 is 0 Å². The van der Waals surface area contributed by atoms with Gasteiger partial charge in [-0.05, 0) is 97.8 Å². The minimum Gasteiger partial charge on any atom is -0.371 e. The standard InChI is InChI=1S/C28H46N2O6S2/c1-4-6-8-18-30(19-9-7-5-2)38(33,34)36-27-15-14-26-25-12-10-21-20-22(35-37(29,31)32)11-13-23(21)24(25)16-17-28(26,27)3/h11,13,20,24-27H,4-10,12,14-19H2,1-3H3,(H2,29,31,32)/t24-,25-,26+,27+,28+/m1/s1. The predicted octanol–water partition coefficient (Wildman–Crippen LogP) is 5.44. The number of hydrogen-bond donors (Lipinski definition) is 1. The van der Waals surface area contributed by atoms with Crippen LogP contribution in [0.1, 0.15) is 108 Å². The summed E-state index contributed by atoms with van der Waals surface area (Å²) < 4.78 is 62.4. The van der Waals surface area contributed by atoms with Crippen molar-refractivity contribution in [1.82, 2.24) is 4.31 Å². The van der Waals surface area contributed by atoms with Crippen molar-refractivity contribution in [2.24, 2.45) is 22.4 Å². The third kappa shape index (κ3) is 6.57. The molecule has 0 aromatic heterocycles. The number of rotatable bonds is 13. The lowest BCUT2D eigenvalue weighted by atomic mass is 9.55. The van der Waals surface area contributed by atoms with Crippen molar-refractivity contribution in [2.75, 3.05) is 13.1 Å². The summed E-state index contributed by atoms with van der Waals surface area (Å²) in [4.78, 5) is 0. The lowest BCUT2D eigenvalue weighted by molar-refractivity contribution is -0.0111. The van der Waals surface area contributed by atoms with Crippen molar-refractivity contribution in [2.45, 2.75) is 110 Å². The van der Waals surface area contributed by atoms with Gasteiger partial charge in [0.2, 0.25) is 0 Å². The average molecular weight is 571 g/mol. The zero-order valence-corrected chi connectivity index (χ0v) is 24.9. The van der Waals surface area contributed by atoms with E-state index in [-0.39, 0.29) is 17.3 Å². The second-order valence-corrected chi connectivity index (χ2v) is 14.5. The molecular weight excluding hydrogens is 524 g/mol. The molecule has 0 unspecified atom stereocenters. The van der Waals surface area contributed by atoms with Gasteiger partial charge in [-0.3, -0.25) is 4.18 Å². The van der Waals surface area contributed by atoms with Crippen LogP contribution in [-0.2, 0) is 31.2 Å². The normalized spacial score (nSPS) is 29.1. The molecule has 0 aliphatic heterocycles. The molecule has 0 spiro atoms. The topological polar surface area (TPSA) is 116 Å². The van der Waals surface area contributed by atoms with Crippen molar-refractivity contribution < 1.29 is 25.2 Å². The number of hydrogen-bond acceptors (Lipinski definition) is 6. The lowest BCUT2D eigenvalue weighted by Gasteiger charge is -2.50. The zero-order valence-electron chi connectivity index (χ0n) is 23.2. The Kier molecular flexibility index (Phi) is 9.50. The van der Waals surface area contributed by atoms with Gasteiger partial charge in [0.15, 0.2) is 0 Å². The number of aryl methyl sites for hydroxylation is 1. The van der Waals surface area contributed by atoms with Gasteiger partial charge in [0.1, 0.15) is 5.75 Å². The van der Waals surface area contributed by atoms with Gasteiger partial charge in [-0.25, -0.2) is 0 Å². The largest absolute Gasteiger partial charge is 0.380 e. The maximum atomic E-state index is 13.5. The Balaban J connectivity index is 1.47. The molecule has 0 radical (unpaired) electrons. The van der Waals surface area contributed by atoms with E-state index in [1.807, 2.05) is 12.1 Å². The molecular formula is C28H46N2O6S2. The number of unbranched alkanes of at least 4 members (excludes halogenated alkanes) is 4. The van der Waals surface area contributed by atoms with Gasteiger partial charge in [-0.15, -0.1) is 0 Å². The molecule has 38 heavy (non-hydrogen) atoms. The molecule has 1 aromatic rings. The summed E-state index contributed by atoms with van der Waals surface area (Å²) in [7, 11) is -7.85. The van der Waals surface area contributed by atoms with Crippen molar-refractivity contribution >= 4 is 20.6 Å². The Morgan fingerprint density at radius 3 is 2.29 bits per heavy atom. The van der Waals surface area contributed by atoms with E-state index in [0.717, 1.165) is 82.6 Å². The van der Waals surface area contributed by atoms with Gasteiger partial charge in [-0.1, -0.05) is 52.5 Å². The fourth-order valence-corrected chi connectivity index (χ4v) is 9.28. The lowest BCUT2D eigenvalue weighted by Crippen LogP contribution is -2.46. The number of nitrogens with two attached hydrogens (primary N) is 1. The minimum atomic E-state index is -4.05. The molecule has 3 aliphatic rings. The Bertz CT molecular complexity index is 1160. The summed E-state index contributed by atoms with van der Waals surface area (Å²) in [6, 6.07) is 5.49. The monoisotopic (exact) mass is 570 g/mol. The van der Waals surface area contributed by atoms with Crippen LogP contribution in [0, 0.1) is 17.3 Å². The maximum absolute atomic E-state index is 13.5. The van der Waals surface area contributed by atoms with Crippen LogP contribution in [0.15, 0.2) is 18.2 Å². The molecule has 10 heteroatoms. The van der Waals surface area contributed by atoms with Crippen molar-refractivity contribution in [3.05, 3.63) is 29.3 Å². The maximum Gasteiger partial charge on any atom is 0.380 e. The highest BCUT2D eigenvalue weighted by Crippen LogP contribution is 2.61. The molecule has 3 aliphatic carbocycles. The third-order valence-electron chi connectivity index (χ3n) is 9.40. The summed E-state index contributed by atoms with van der Waals surface area (Å²) in [6.07, 6.45) is 11.1. The Morgan fingerprint density at radius 2 is 1.66 bits per heavy atom. The van der Waals surface area contributed by atoms with Crippen LogP contribution < -0.4 is 9.32 Å². The molecule has 0 bridgehead atoms. The quantitative estimate of drug-likeness (QED) is 0.316. The Labute approximate surface area is 230 Å². The molecule has 2 saturated carbocycles. The molecule has 2 N–H and O–H groups in total. The summed E-state index contributed by atoms with van der Waals surface area (Å²) in [5.41, 5.74) is 2.22. The predicted molar refractivity (Wildman–Crippen MR) is 149 cm³/mol. The number of nitrogens with zero attached hydrogens (tertiary/aromatic N) is 1. The molecule has 1 aromatic carbocycles. The SMILES string of the molecule is CCCCCN(CCCCC)S(=O)(=O)O[C@H]1CC[C@H]2[C@@H]3CCc4cc(OS(N)(=O)=O)ccc4[C@H]3CC[C@]12C. The average Bonchev–Trinajstić information content (AvgIpc) is 3.17. The first-order chi connectivity index (χ1) is 18.0. The number of benzene rings is 1. The first kappa shape index (κ1) is 29.8. The molecule has 5 atom stereocenters. The van der Waals surface area contributed by atoms with Crippen LogP contribution in [0.5, 0.6) is 5.75 Å². The van der Waals surface area contributed by atoms with E-state index in [0.29, 0.717) is 30.8 Å². The van der Waals surface area contributed by atoms with E-state index in [4.69, 9.17) is 13.5 Å². The van der Waals surface area contributed by atoms with Crippen LogP contribution in [0.4, 0.5) is 0 Å². The van der Waals surface area contributed by atoms with Crippen LogP contribution in [0.2, 0.25) is 0 Å².